The minimum Gasteiger partial charge on any atom is -1.00 e. The topological polar surface area (TPSA) is 0 Å². The predicted molar refractivity (Wildman–Crippen MR) is 130 cm³/mol. The molecule has 28 heavy (non-hydrogen) atoms. The van der Waals surface area contributed by atoms with Gasteiger partial charge in [-0.05, 0) is 0 Å². The molecule has 0 unspecified atom stereocenters. The van der Waals surface area contributed by atoms with Crippen LogP contribution >= 0.6 is 0 Å². The van der Waals surface area contributed by atoms with Crippen molar-refractivity contribution in [1.29, 1.82) is 0 Å². The van der Waals surface area contributed by atoms with Crippen molar-refractivity contribution in [2.24, 2.45) is 0 Å². The molecule has 0 aromatic heterocycles. The summed E-state index contributed by atoms with van der Waals surface area (Å²) in [5, 5.41) is 0. The van der Waals surface area contributed by atoms with Gasteiger partial charge in [0.2, 0.25) is 0 Å². The maximum atomic E-state index is 2.33. The summed E-state index contributed by atoms with van der Waals surface area (Å²) in [5.74, 6) is 0. The van der Waals surface area contributed by atoms with Crippen molar-refractivity contribution in [1.82, 2.24) is 0 Å². The molecule has 0 aliphatic rings. The van der Waals surface area contributed by atoms with Crippen LogP contribution in [0.2, 0.25) is 12.5 Å². The molecule has 0 aromatic carbocycles. The predicted octanol–water partition coefficient (Wildman–Crippen LogP) is 11.2. The van der Waals surface area contributed by atoms with E-state index >= 15 is 0 Å². The Balaban J connectivity index is 0. The van der Waals surface area contributed by atoms with E-state index in [0.717, 1.165) is 0 Å². The van der Waals surface area contributed by atoms with Crippen LogP contribution in [0.1, 0.15) is 157 Å². The monoisotopic (exact) mass is 562 g/mol. The average molecular weight is 561 g/mol. The van der Waals surface area contributed by atoms with Crippen molar-refractivity contribution in [3.8, 4) is 0 Å². The third-order valence-electron chi connectivity index (χ3n) is 6.40. The fourth-order valence-corrected chi connectivity index (χ4v) is 15.1. The molecule has 1 heteroatoms. The second-order valence-electron chi connectivity index (χ2n) is 9.36. The summed E-state index contributed by atoms with van der Waals surface area (Å²) in [6.45, 7) is 6.98. The van der Waals surface area contributed by atoms with E-state index in [0.29, 0.717) is 0 Å². The molecule has 0 aliphatic carbocycles. The molecule has 0 N–H and O–H groups in total. The standard InChI is InChI=1S/3C9H19.Hf.H/c3*1-3-5-7-9-8-6-4-2;;/h3*1,3-9H2,2H3;;/q;;;+1;-1. The first-order valence-corrected chi connectivity index (χ1v) is 21.3. The smallest absolute Gasteiger partial charge is 1.00 e. The maximum Gasteiger partial charge on any atom is -1.00 e. The zero-order chi connectivity index (χ0) is 20.5. The molecule has 0 spiro atoms. The largest absolute Gasteiger partial charge is 1.00 e. The minimum atomic E-state index is -1.21. The Labute approximate surface area is 190 Å². The summed E-state index contributed by atoms with van der Waals surface area (Å²) < 4.78 is 5.22. The second kappa shape index (κ2) is 25.9. The average Bonchev–Trinajstić information content (AvgIpc) is 2.71. The molecule has 0 nitrogen and oxygen atoms in total. The quantitative estimate of drug-likeness (QED) is 0.0813. The molecule has 0 aromatic rings. The Kier molecular flexibility index (Phi) is 26.7. The van der Waals surface area contributed by atoms with Crippen LogP contribution in [0.5, 0.6) is 0 Å². The number of hydrogen-bond donors (Lipinski definition) is 0. The van der Waals surface area contributed by atoms with Crippen LogP contribution in [0.4, 0.5) is 0 Å². The van der Waals surface area contributed by atoms with Gasteiger partial charge in [-0.25, -0.2) is 0 Å². The van der Waals surface area contributed by atoms with Gasteiger partial charge in [-0.2, -0.15) is 0 Å². The van der Waals surface area contributed by atoms with Crippen LogP contribution < -0.4 is 0 Å². The van der Waals surface area contributed by atoms with Crippen molar-refractivity contribution >= 4 is 0 Å². The first-order valence-electron chi connectivity index (χ1n) is 13.7. The molecule has 0 bridgehead atoms. The first-order chi connectivity index (χ1) is 13.8. The molecule has 0 saturated carbocycles. The Hall–Kier alpha value is 0.870. The van der Waals surface area contributed by atoms with E-state index < -0.39 is 21.4 Å². The Bertz CT molecular complexity index is 226. The van der Waals surface area contributed by atoms with Crippen molar-refractivity contribution < 1.29 is 22.9 Å². The van der Waals surface area contributed by atoms with E-state index in [1.165, 1.54) is 96.3 Å². The second-order valence-corrected chi connectivity index (χ2v) is 20.1. The van der Waals surface area contributed by atoms with Crippen LogP contribution in [0, 0.1) is 0 Å². The zero-order valence-corrected chi connectivity index (χ0v) is 24.1. The fraction of sp³-hybridized carbons (Fsp3) is 1.00. The summed E-state index contributed by atoms with van der Waals surface area (Å²) in [4.78, 5) is 0. The number of hydrogen-bond acceptors (Lipinski definition) is 0. The van der Waals surface area contributed by atoms with E-state index in [4.69, 9.17) is 0 Å². The third-order valence-corrected chi connectivity index (χ3v) is 17.8. The summed E-state index contributed by atoms with van der Waals surface area (Å²) >= 11 is -1.21. The van der Waals surface area contributed by atoms with Crippen molar-refractivity contribution in [2.75, 3.05) is 0 Å². The van der Waals surface area contributed by atoms with Gasteiger partial charge >= 0.3 is 190 Å². The number of rotatable bonds is 24. The summed E-state index contributed by atoms with van der Waals surface area (Å²) in [6, 6.07) is 0. The van der Waals surface area contributed by atoms with Crippen LogP contribution in [-0.2, 0) is 21.4 Å². The molecule has 0 rings (SSSR count). The van der Waals surface area contributed by atoms with Crippen LogP contribution in [0.25, 0.3) is 0 Å². The van der Waals surface area contributed by atoms with Crippen LogP contribution in [-0.4, -0.2) is 0 Å². The van der Waals surface area contributed by atoms with Gasteiger partial charge < -0.3 is 1.43 Å². The van der Waals surface area contributed by atoms with E-state index in [1.54, 1.807) is 51.1 Å². The molecular formula is C27H58Hf. The Morgan fingerprint density at radius 1 is 0.321 bits per heavy atom. The number of unbranched alkanes of at least 4 members (excludes halogenated alkanes) is 18. The van der Waals surface area contributed by atoms with Crippen molar-refractivity contribution in [2.45, 2.75) is 168 Å². The molecule has 0 fully saturated rings. The van der Waals surface area contributed by atoms with E-state index in [1.807, 2.05) is 0 Å². The molecule has 0 saturated heterocycles. The molecule has 170 valence electrons. The van der Waals surface area contributed by atoms with Gasteiger partial charge in [-0.1, -0.05) is 0 Å². The van der Waals surface area contributed by atoms with Crippen LogP contribution in [0.15, 0.2) is 0 Å². The van der Waals surface area contributed by atoms with Gasteiger partial charge in [-0.3, -0.25) is 0 Å². The molecule has 0 amide bonds. The SMILES string of the molecule is CCCCCCCC[CH2][Hf+]([CH2]CCCCCCCC)[CH2]CCCCCCCC.[H-]. The summed E-state index contributed by atoms with van der Waals surface area (Å²) in [7, 11) is 0. The third kappa shape index (κ3) is 23.2. The van der Waals surface area contributed by atoms with Gasteiger partial charge in [0.25, 0.3) is 0 Å². The van der Waals surface area contributed by atoms with Gasteiger partial charge in [0.1, 0.15) is 0 Å². The molecular weight excluding hydrogens is 503 g/mol. The molecule has 0 radical (unpaired) electrons. The van der Waals surface area contributed by atoms with Crippen molar-refractivity contribution in [3.63, 3.8) is 0 Å². The van der Waals surface area contributed by atoms with Gasteiger partial charge in [0, 0.05) is 0 Å². The zero-order valence-electron chi connectivity index (χ0n) is 21.5. The van der Waals surface area contributed by atoms with Gasteiger partial charge in [0.15, 0.2) is 0 Å². The summed E-state index contributed by atoms with van der Waals surface area (Å²) in [6.07, 6.45) is 31.5. The molecule has 0 heterocycles. The minimum absolute atomic E-state index is 0. The normalized spacial score (nSPS) is 11.2. The van der Waals surface area contributed by atoms with Gasteiger partial charge in [0.05, 0.1) is 0 Å². The van der Waals surface area contributed by atoms with Crippen molar-refractivity contribution in [3.05, 3.63) is 0 Å². The summed E-state index contributed by atoms with van der Waals surface area (Å²) in [5.41, 5.74) is 0. The Morgan fingerprint density at radius 2 is 0.536 bits per heavy atom. The maximum absolute atomic E-state index is 2.33. The van der Waals surface area contributed by atoms with Gasteiger partial charge in [-0.15, -0.1) is 0 Å². The van der Waals surface area contributed by atoms with E-state index in [9.17, 15) is 0 Å². The first kappa shape index (κ1) is 28.9. The fourth-order valence-electron chi connectivity index (χ4n) is 4.37. The van der Waals surface area contributed by atoms with E-state index in [2.05, 4.69) is 20.8 Å². The molecule has 0 atom stereocenters. The van der Waals surface area contributed by atoms with Crippen LogP contribution in [0.3, 0.4) is 0 Å². The Morgan fingerprint density at radius 3 is 0.786 bits per heavy atom. The van der Waals surface area contributed by atoms with E-state index in [-0.39, 0.29) is 1.43 Å². The molecule has 0 aliphatic heterocycles.